The lowest BCUT2D eigenvalue weighted by Gasteiger charge is -2.15. The third-order valence-electron chi connectivity index (χ3n) is 3.91. The van der Waals surface area contributed by atoms with Gasteiger partial charge in [0.2, 0.25) is 5.95 Å². The molecular formula is C19H20N4O3. The number of nitrogens with one attached hydrogen (secondary N) is 2. The maximum absolute atomic E-state index is 11.6. The summed E-state index contributed by atoms with van der Waals surface area (Å²) in [5, 5.41) is 11.0. The van der Waals surface area contributed by atoms with E-state index >= 15 is 0 Å². The number of benzene rings is 2. The number of hydrogen-bond acceptors (Lipinski definition) is 5. The van der Waals surface area contributed by atoms with E-state index < -0.39 is 6.09 Å². The van der Waals surface area contributed by atoms with Crippen LogP contribution in [0.2, 0.25) is 0 Å². The molecule has 0 atom stereocenters. The SMILES string of the molecule is COC(=O)Nc1nc2ccccc2n1C(=N)Oc1ccccc1C(C)C. The molecule has 134 valence electrons. The lowest BCUT2D eigenvalue weighted by molar-refractivity contribution is 0.186. The number of amides is 1. The van der Waals surface area contributed by atoms with Crippen LogP contribution in [0.4, 0.5) is 10.7 Å². The van der Waals surface area contributed by atoms with Crippen molar-refractivity contribution in [2.75, 3.05) is 12.4 Å². The summed E-state index contributed by atoms with van der Waals surface area (Å²) in [5.74, 6) is 0.991. The molecule has 1 aromatic heterocycles. The summed E-state index contributed by atoms with van der Waals surface area (Å²) in [6.45, 7) is 4.12. The molecule has 0 unspecified atom stereocenters. The van der Waals surface area contributed by atoms with E-state index in [2.05, 4.69) is 28.9 Å². The Morgan fingerprint density at radius 2 is 1.85 bits per heavy atom. The number of carbonyl (C=O) groups is 1. The van der Waals surface area contributed by atoms with Crippen LogP contribution in [0.3, 0.4) is 0 Å². The molecule has 3 aromatic rings. The van der Waals surface area contributed by atoms with E-state index in [0.29, 0.717) is 16.8 Å². The second-order valence-corrected chi connectivity index (χ2v) is 5.98. The minimum atomic E-state index is -0.670. The van der Waals surface area contributed by atoms with Gasteiger partial charge in [0.15, 0.2) is 0 Å². The number of carbonyl (C=O) groups excluding carboxylic acids is 1. The van der Waals surface area contributed by atoms with E-state index in [-0.39, 0.29) is 17.9 Å². The molecule has 0 aliphatic rings. The van der Waals surface area contributed by atoms with Gasteiger partial charge in [-0.25, -0.2) is 14.3 Å². The van der Waals surface area contributed by atoms with Crippen LogP contribution in [0.1, 0.15) is 25.3 Å². The van der Waals surface area contributed by atoms with Crippen LogP contribution in [0, 0.1) is 5.41 Å². The Kier molecular flexibility index (Phi) is 4.88. The Balaban J connectivity index is 2.02. The molecule has 0 saturated carbocycles. The number of anilines is 1. The predicted octanol–water partition coefficient (Wildman–Crippen LogP) is 4.20. The van der Waals surface area contributed by atoms with Crippen molar-refractivity contribution in [2.24, 2.45) is 0 Å². The van der Waals surface area contributed by atoms with Gasteiger partial charge >= 0.3 is 12.1 Å². The molecule has 0 radical (unpaired) electrons. The summed E-state index contributed by atoms with van der Waals surface area (Å²) in [6.07, 6.45) is -0.670. The van der Waals surface area contributed by atoms with Gasteiger partial charge in [-0.2, -0.15) is 0 Å². The van der Waals surface area contributed by atoms with Crippen LogP contribution in [-0.4, -0.2) is 28.8 Å². The van der Waals surface area contributed by atoms with Crippen molar-refractivity contribution in [2.45, 2.75) is 19.8 Å². The summed E-state index contributed by atoms with van der Waals surface area (Å²) in [5.41, 5.74) is 2.26. The molecule has 0 bridgehead atoms. The number of rotatable bonds is 3. The summed E-state index contributed by atoms with van der Waals surface area (Å²) < 4.78 is 11.9. The van der Waals surface area contributed by atoms with Gasteiger partial charge in [0.25, 0.3) is 0 Å². The van der Waals surface area contributed by atoms with Crippen LogP contribution in [0.5, 0.6) is 5.75 Å². The summed E-state index contributed by atoms with van der Waals surface area (Å²) >= 11 is 0. The van der Waals surface area contributed by atoms with E-state index in [9.17, 15) is 4.79 Å². The number of para-hydroxylation sites is 3. The quantitative estimate of drug-likeness (QED) is 0.546. The van der Waals surface area contributed by atoms with Crippen molar-refractivity contribution in [1.29, 1.82) is 5.41 Å². The van der Waals surface area contributed by atoms with Crippen LogP contribution < -0.4 is 10.1 Å². The molecule has 0 aliphatic carbocycles. The number of imidazole rings is 1. The molecule has 0 fully saturated rings. The molecular weight excluding hydrogens is 332 g/mol. The Morgan fingerprint density at radius 1 is 1.15 bits per heavy atom. The second kappa shape index (κ2) is 7.26. The fourth-order valence-electron chi connectivity index (χ4n) is 2.66. The maximum atomic E-state index is 11.6. The highest BCUT2D eigenvalue weighted by molar-refractivity contribution is 5.95. The molecule has 0 saturated heterocycles. The van der Waals surface area contributed by atoms with E-state index in [1.807, 2.05) is 36.4 Å². The first-order valence-corrected chi connectivity index (χ1v) is 8.19. The number of hydrogen-bond donors (Lipinski definition) is 2. The average Bonchev–Trinajstić information content (AvgIpc) is 2.99. The van der Waals surface area contributed by atoms with Crippen molar-refractivity contribution in [1.82, 2.24) is 9.55 Å². The molecule has 2 aromatic carbocycles. The normalized spacial score (nSPS) is 10.8. The van der Waals surface area contributed by atoms with Gasteiger partial charge in [-0.3, -0.25) is 10.7 Å². The third-order valence-corrected chi connectivity index (χ3v) is 3.91. The van der Waals surface area contributed by atoms with E-state index in [0.717, 1.165) is 5.56 Å². The van der Waals surface area contributed by atoms with Gasteiger partial charge in [0, 0.05) is 0 Å². The number of ether oxygens (including phenoxy) is 2. The highest BCUT2D eigenvalue weighted by atomic mass is 16.5. The van der Waals surface area contributed by atoms with Crippen molar-refractivity contribution < 1.29 is 14.3 Å². The lowest BCUT2D eigenvalue weighted by atomic mass is 10.0. The predicted molar refractivity (Wildman–Crippen MR) is 100 cm³/mol. The molecule has 1 heterocycles. The van der Waals surface area contributed by atoms with Crippen molar-refractivity contribution >= 4 is 29.1 Å². The minimum absolute atomic E-state index is 0.157. The average molecular weight is 352 g/mol. The second-order valence-electron chi connectivity index (χ2n) is 5.98. The zero-order chi connectivity index (χ0) is 18.7. The number of fused-ring (bicyclic) bond motifs is 1. The smallest absolute Gasteiger partial charge is 0.413 e. The minimum Gasteiger partial charge on any atom is -0.453 e. The molecule has 2 N–H and O–H groups in total. The Hall–Kier alpha value is -3.35. The highest BCUT2D eigenvalue weighted by Crippen LogP contribution is 2.27. The molecule has 7 nitrogen and oxygen atoms in total. The standard InChI is InChI=1S/C19H20N4O3/c1-12(2)13-8-4-7-11-16(13)26-17(20)23-15-10-6-5-9-14(15)21-18(23)22-19(24)25-3/h4-12,20H,1-3H3,(H,21,22,24). The van der Waals surface area contributed by atoms with Crippen molar-refractivity contribution in [3.05, 3.63) is 54.1 Å². The van der Waals surface area contributed by atoms with Crippen LogP contribution >= 0.6 is 0 Å². The van der Waals surface area contributed by atoms with Crippen LogP contribution in [0.25, 0.3) is 11.0 Å². The van der Waals surface area contributed by atoms with Gasteiger partial charge < -0.3 is 9.47 Å². The topological polar surface area (TPSA) is 89.2 Å². The van der Waals surface area contributed by atoms with Crippen molar-refractivity contribution in [3.63, 3.8) is 0 Å². The monoisotopic (exact) mass is 352 g/mol. The summed E-state index contributed by atoms with van der Waals surface area (Å²) in [7, 11) is 1.27. The van der Waals surface area contributed by atoms with Crippen LogP contribution in [-0.2, 0) is 4.74 Å². The number of methoxy groups -OCH3 is 1. The molecule has 0 spiro atoms. The van der Waals surface area contributed by atoms with Gasteiger partial charge in [-0.1, -0.05) is 44.2 Å². The Bertz CT molecular complexity index is 962. The number of aromatic nitrogens is 2. The van der Waals surface area contributed by atoms with Gasteiger partial charge in [-0.15, -0.1) is 0 Å². The Morgan fingerprint density at radius 3 is 2.58 bits per heavy atom. The lowest BCUT2D eigenvalue weighted by Crippen LogP contribution is -2.23. The Labute approximate surface area is 151 Å². The third kappa shape index (κ3) is 3.37. The summed E-state index contributed by atoms with van der Waals surface area (Å²) in [6, 6.07) is 14.7. The highest BCUT2D eigenvalue weighted by Gasteiger charge is 2.19. The van der Waals surface area contributed by atoms with Crippen molar-refractivity contribution in [3.8, 4) is 5.75 Å². The zero-order valence-electron chi connectivity index (χ0n) is 14.8. The van der Waals surface area contributed by atoms with E-state index in [4.69, 9.17) is 10.1 Å². The fourth-order valence-corrected chi connectivity index (χ4v) is 2.66. The van der Waals surface area contributed by atoms with E-state index in [1.54, 1.807) is 12.1 Å². The molecule has 0 aliphatic heterocycles. The molecule has 3 rings (SSSR count). The zero-order valence-corrected chi connectivity index (χ0v) is 14.8. The van der Waals surface area contributed by atoms with Gasteiger partial charge in [0.05, 0.1) is 18.1 Å². The van der Waals surface area contributed by atoms with Gasteiger partial charge in [-0.05, 0) is 29.7 Å². The largest absolute Gasteiger partial charge is 0.453 e. The molecule has 1 amide bonds. The fraction of sp³-hybridized carbons (Fsp3) is 0.211. The van der Waals surface area contributed by atoms with Crippen LogP contribution in [0.15, 0.2) is 48.5 Å². The summed E-state index contributed by atoms with van der Waals surface area (Å²) in [4.78, 5) is 16.0. The maximum Gasteiger partial charge on any atom is 0.413 e. The molecule has 26 heavy (non-hydrogen) atoms. The molecule has 7 heteroatoms. The first kappa shape index (κ1) is 17.5. The van der Waals surface area contributed by atoms with Gasteiger partial charge in [0.1, 0.15) is 5.75 Å². The van der Waals surface area contributed by atoms with E-state index in [1.165, 1.54) is 11.7 Å². The first-order chi connectivity index (χ1) is 12.5. The number of nitrogens with zero attached hydrogens (tertiary/aromatic N) is 2. The first-order valence-electron chi connectivity index (χ1n) is 8.19.